The molecule has 0 aliphatic rings. The Labute approximate surface area is 158 Å². The normalized spacial score (nSPS) is 13.4. The number of halogens is 3. The smallest absolute Gasteiger partial charge is 0.384 e. The molecular formula is C17H19F3N6S. The number of nitrogens with two attached hydrogens (primary N) is 1. The number of rotatable bonds is 5. The van der Waals surface area contributed by atoms with Crippen LogP contribution < -0.4 is 5.73 Å². The lowest BCUT2D eigenvalue weighted by Crippen LogP contribution is -2.11. The number of thioether (sulfide) groups is 1. The van der Waals surface area contributed by atoms with Crippen molar-refractivity contribution in [3.05, 3.63) is 41.5 Å². The summed E-state index contributed by atoms with van der Waals surface area (Å²) in [5.41, 5.74) is 7.22. The van der Waals surface area contributed by atoms with Gasteiger partial charge in [0, 0.05) is 24.2 Å². The molecule has 3 aromatic rings. The summed E-state index contributed by atoms with van der Waals surface area (Å²) in [6, 6.07) is 2.67. The zero-order valence-corrected chi connectivity index (χ0v) is 15.8. The van der Waals surface area contributed by atoms with Crippen molar-refractivity contribution in [1.82, 2.24) is 24.8 Å². The van der Waals surface area contributed by atoms with Crippen LogP contribution in [0.4, 0.5) is 19.0 Å². The first-order chi connectivity index (χ1) is 12.6. The third kappa shape index (κ3) is 4.51. The Morgan fingerprint density at radius 1 is 1.26 bits per heavy atom. The molecule has 3 heterocycles. The maximum absolute atomic E-state index is 12.9. The fourth-order valence-corrected chi connectivity index (χ4v) is 3.52. The first kappa shape index (κ1) is 19.4. The van der Waals surface area contributed by atoms with Crippen molar-refractivity contribution in [3.8, 4) is 0 Å². The molecule has 0 bridgehead atoms. The van der Waals surface area contributed by atoms with E-state index in [-0.39, 0.29) is 16.2 Å². The summed E-state index contributed by atoms with van der Waals surface area (Å²) in [6.45, 7) is 2.61. The van der Waals surface area contributed by atoms with Gasteiger partial charge in [-0.05, 0) is 32.6 Å². The number of nitrogens with one attached hydrogen (secondary N) is 1. The molecule has 0 spiro atoms. The molecule has 27 heavy (non-hydrogen) atoms. The van der Waals surface area contributed by atoms with E-state index in [1.54, 1.807) is 6.20 Å². The lowest BCUT2D eigenvalue weighted by atomic mass is 10.1. The second-order valence-corrected chi connectivity index (χ2v) is 7.73. The molecule has 0 saturated carbocycles. The minimum absolute atomic E-state index is 0.0284. The third-order valence-electron chi connectivity index (χ3n) is 3.87. The molecule has 0 amide bonds. The number of nitrogens with zero attached hydrogens (tertiary/aromatic N) is 4. The van der Waals surface area contributed by atoms with E-state index in [0.29, 0.717) is 0 Å². The van der Waals surface area contributed by atoms with Gasteiger partial charge in [0.2, 0.25) is 0 Å². The van der Waals surface area contributed by atoms with Crippen molar-refractivity contribution in [2.45, 2.75) is 30.1 Å². The fourth-order valence-electron chi connectivity index (χ4n) is 2.65. The van der Waals surface area contributed by atoms with Gasteiger partial charge in [-0.25, -0.2) is 9.97 Å². The molecule has 3 rings (SSSR count). The zero-order chi connectivity index (χ0) is 19.8. The largest absolute Gasteiger partial charge is 0.433 e. The summed E-state index contributed by atoms with van der Waals surface area (Å²) < 4.78 is 38.8. The van der Waals surface area contributed by atoms with E-state index in [1.807, 2.05) is 33.3 Å². The molecule has 0 fully saturated rings. The Morgan fingerprint density at radius 3 is 2.67 bits per heavy atom. The number of anilines is 1. The lowest BCUT2D eigenvalue weighted by molar-refractivity contribution is -0.141. The first-order valence-electron chi connectivity index (χ1n) is 8.12. The quantitative estimate of drug-likeness (QED) is 0.503. The van der Waals surface area contributed by atoms with Gasteiger partial charge in [-0.3, -0.25) is 4.98 Å². The highest BCUT2D eigenvalue weighted by Crippen LogP contribution is 2.36. The Kier molecular flexibility index (Phi) is 5.29. The highest BCUT2D eigenvalue weighted by molar-refractivity contribution is 7.99. The van der Waals surface area contributed by atoms with Crippen LogP contribution >= 0.6 is 11.8 Å². The number of H-pyrrole nitrogens is 1. The van der Waals surface area contributed by atoms with Gasteiger partial charge >= 0.3 is 6.18 Å². The van der Waals surface area contributed by atoms with Gasteiger partial charge < -0.3 is 15.6 Å². The molecule has 0 radical (unpaired) electrons. The van der Waals surface area contributed by atoms with Crippen LogP contribution in [0.2, 0.25) is 0 Å². The predicted molar refractivity (Wildman–Crippen MR) is 99.2 cm³/mol. The number of aromatic amines is 1. The maximum Gasteiger partial charge on any atom is 0.433 e. The number of fused-ring (bicyclic) bond motifs is 1. The summed E-state index contributed by atoms with van der Waals surface area (Å²) in [5, 5.41) is 0.754. The Bertz CT molecular complexity index is 953. The van der Waals surface area contributed by atoms with E-state index in [4.69, 9.17) is 5.73 Å². The number of alkyl halides is 3. The van der Waals surface area contributed by atoms with Gasteiger partial charge in [0.1, 0.15) is 5.82 Å². The molecule has 144 valence electrons. The molecule has 3 aromatic heterocycles. The van der Waals surface area contributed by atoms with Crippen LogP contribution in [0, 0.1) is 0 Å². The van der Waals surface area contributed by atoms with Crippen molar-refractivity contribution < 1.29 is 13.2 Å². The molecule has 0 aliphatic heterocycles. The minimum Gasteiger partial charge on any atom is -0.384 e. The molecule has 1 unspecified atom stereocenters. The van der Waals surface area contributed by atoms with Crippen molar-refractivity contribution in [3.63, 3.8) is 0 Å². The SMILES string of the molecule is CC(Sc1nc(N)cc(C(F)(F)F)n1)c1cc2c(CN(C)C)c[nH]c2cn1. The third-order valence-corrected chi connectivity index (χ3v) is 4.86. The van der Waals surface area contributed by atoms with Gasteiger partial charge in [-0.2, -0.15) is 13.2 Å². The second-order valence-electron chi connectivity index (χ2n) is 6.42. The number of hydrogen-bond donors (Lipinski definition) is 2. The van der Waals surface area contributed by atoms with Crippen LogP contribution in [0.15, 0.2) is 29.7 Å². The van der Waals surface area contributed by atoms with Crippen LogP contribution in [0.25, 0.3) is 10.9 Å². The topological polar surface area (TPSA) is 83.7 Å². The molecule has 10 heteroatoms. The van der Waals surface area contributed by atoms with Gasteiger partial charge in [0.05, 0.1) is 22.7 Å². The highest BCUT2D eigenvalue weighted by Gasteiger charge is 2.33. The molecular weight excluding hydrogens is 377 g/mol. The molecule has 0 aromatic carbocycles. The van der Waals surface area contributed by atoms with Crippen molar-refractivity contribution in [1.29, 1.82) is 0 Å². The van der Waals surface area contributed by atoms with Crippen LogP contribution in [0.1, 0.15) is 29.1 Å². The number of hydrogen-bond acceptors (Lipinski definition) is 6. The molecule has 3 N–H and O–H groups in total. The summed E-state index contributed by atoms with van der Waals surface area (Å²) in [7, 11) is 3.96. The van der Waals surface area contributed by atoms with E-state index in [0.717, 1.165) is 46.5 Å². The highest BCUT2D eigenvalue weighted by atomic mass is 32.2. The summed E-state index contributed by atoms with van der Waals surface area (Å²) >= 11 is 1.09. The van der Waals surface area contributed by atoms with E-state index < -0.39 is 11.9 Å². The Hall–Kier alpha value is -2.33. The van der Waals surface area contributed by atoms with Crippen molar-refractivity contribution >= 4 is 28.5 Å². The van der Waals surface area contributed by atoms with Crippen molar-refractivity contribution in [2.24, 2.45) is 0 Å². The number of aromatic nitrogens is 4. The standard InChI is InChI=1S/C17H19F3N6S/c1-9(27-16-24-14(17(18,19)20)5-15(21)25-16)12-4-11-10(8-26(2)3)6-22-13(11)7-23-12/h4-7,9,22H,8H2,1-3H3,(H2,21,24,25). The zero-order valence-electron chi connectivity index (χ0n) is 15.0. The van der Waals surface area contributed by atoms with E-state index in [9.17, 15) is 13.2 Å². The van der Waals surface area contributed by atoms with Crippen molar-refractivity contribution in [2.75, 3.05) is 19.8 Å². The van der Waals surface area contributed by atoms with Crippen LogP contribution in [-0.4, -0.2) is 38.9 Å². The fraction of sp³-hybridized carbons (Fsp3) is 0.353. The van der Waals surface area contributed by atoms with Crippen LogP contribution in [-0.2, 0) is 12.7 Å². The Balaban J connectivity index is 1.88. The van der Waals surface area contributed by atoms with Gasteiger partial charge in [0.15, 0.2) is 10.9 Å². The summed E-state index contributed by atoms with van der Waals surface area (Å²) in [4.78, 5) is 17.1. The first-order valence-corrected chi connectivity index (χ1v) is 9.00. The van der Waals surface area contributed by atoms with Crippen LogP contribution in [0.5, 0.6) is 0 Å². The van der Waals surface area contributed by atoms with E-state index in [2.05, 4.69) is 24.8 Å². The molecule has 6 nitrogen and oxygen atoms in total. The molecule has 0 aliphatic carbocycles. The minimum atomic E-state index is -4.57. The van der Waals surface area contributed by atoms with Gasteiger partial charge in [-0.1, -0.05) is 11.8 Å². The number of nitrogen functional groups attached to an aromatic ring is 1. The van der Waals surface area contributed by atoms with E-state index in [1.165, 1.54) is 0 Å². The molecule has 1 atom stereocenters. The second kappa shape index (κ2) is 7.35. The average Bonchev–Trinajstić information content (AvgIpc) is 2.95. The average molecular weight is 396 g/mol. The predicted octanol–water partition coefficient (Wildman–Crippen LogP) is 3.87. The maximum atomic E-state index is 12.9. The van der Waals surface area contributed by atoms with Gasteiger partial charge in [0.25, 0.3) is 0 Å². The van der Waals surface area contributed by atoms with Gasteiger partial charge in [-0.15, -0.1) is 0 Å². The summed E-state index contributed by atoms with van der Waals surface area (Å²) in [5.74, 6) is -0.214. The molecule has 0 saturated heterocycles. The van der Waals surface area contributed by atoms with Crippen LogP contribution in [0.3, 0.4) is 0 Å². The Morgan fingerprint density at radius 2 is 2.00 bits per heavy atom. The number of pyridine rings is 1. The van der Waals surface area contributed by atoms with E-state index >= 15 is 0 Å². The monoisotopic (exact) mass is 396 g/mol. The summed E-state index contributed by atoms with van der Waals surface area (Å²) in [6.07, 6.45) is -0.911. The lowest BCUT2D eigenvalue weighted by Gasteiger charge is -2.13.